The second-order valence-electron chi connectivity index (χ2n) is 8.50. The number of carboxylic acids is 1. The van der Waals surface area contributed by atoms with Crippen molar-refractivity contribution in [3.63, 3.8) is 0 Å². The molecule has 2 atom stereocenters. The smallest absolute Gasteiger partial charge is 0.407 e. The predicted octanol–water partition coefficient (Wildman–Crippen LogP) is 2.89. The quantitative estimate of drug-likeness (QED) is 0.438. The van der Waals surface area contributed by atoms with Crippen LogP contribution in [-0.4, -0.2) is 53.5 Å². The van der Waals surface area contributed by atoms with Crippen LogP contribution in [0.15, 0.2) is 48.5 Å². The van der Waals surface area contributed by atoms with E-state index < -0.39 is 30.1 Å². The summed E-state index contributed by atoms with van der Waals surface area (Å²) < 4.78 is 5.55. The maximum Gasteiger partial charge on any atom is 0.407 e. The van der Waals surface area contributed by atoms with Gasteiger partial charge in [0.05, 0.1) is 0 Å². The number of carboxylic acid groups (broad SMARTS) is 1. The number of rotatable bonds is 10. The van der Waals surface area contributed by atoms with E-state index in [1.165, 1.54) is 0 Å². The molecule has 1 aliphatic carbocycles. The van der Waals surface area contributed by atoms with E-state index in [1.807, 2.05) is 50.2 Å². The zero-order valence-corrected chi connectivity index (χ0v) is 18.8. The van der Waals surface area contributed by atoms with Crippen LogP contribution in [0.5, 0.6) is 0 Å². The van der Waals surface area contributed by atoms with Crippen LogP contribution < -0.4 is 10.6 Å². The van der Waals surface area contributed by atoms with Gasteiger partial charge in [-0.15, -0.1) is 0 Å². The van der Waals surface area contributed by atoms with E-state index in [0.717, 1.165) is 22.3 Å². The molecule has 0 aliphatic heterocycles. The summed E-state index contributed by atoms with van der Waals surface area (Å²) in [6, 6.07) is 14.4. The van der Waals surface area contributed by atoms with Gasteiger partial charge in [0.1, 0.15) is 12.6 Å². The van der Waals surface area contributed by atoms with Crippen molar-refractivity contribution >= 4 is 18.0 Å². The van der Waals surface area contributed by atoms with E-state index in [9.17, 15) is 14.4 Å². The Bertz CT molecular complexity index is 960. The number of ether oxygens (including phenoxy) is 1. The van der Waals surface area contributed by atoms with Crippen molar-refractivity contribution in [2.24, 2.45) is 5.92 Å². The largest absolute Gasteiger partial charge is 0.480 e. The molecular weight excluding hydrogens is 424 g/mol. The number of aliphatic hydroxyl groups excluding tert-OH is 1. The van der Waals surface area contributed by atoms with Crippen molar-refractivity contribution in [3.8, 4) is 11.1 Å². The second-order valence-corrected chi connectivity index (χ2v) is 8.50. The number of fused-ring (bicyclic) bond motifs is 3. The summed E-state index contributed by atoms with van der Waals surface area (Å²) in [7, 11) is 0. The highest BCUT2D eigenvalue weighted by Gasteiger charge is 2.30. The van der Waals surface area contributed by atoms with Crippen LogP contribution in [0.4, 0.5) is 4.79 Å². The SMILES string of the molecule is CC(C)[C@@H](CC(=O)NC(CCO)C(=O)O)NC(=O)OCC1c2ccccc2-c2ccccc21. The number of aliphatic hydroxyl groups is 1. The standard InChI is InChI=1S/C25H30N2O6/c1-15(2)22(13-23(29)26-21(11-12-28)24(30)31)27-25(32)33-14-20-18-9-5-3-7-16(18)17-8-4-6-10-19(17)20/h3-10,15,20-22,28H,11-14H2,1-2H3,(H,26,29)(H,27,32)(H,30,31)/t21?,22-/m1/s1. The van der Waals surface area contributed by atoms with Gasteiger partial charge in [-0.2, -0.15) is 0 Å². The molecule has 3 rings (SSSR count). The summed E-state index contributed by atoms with van der Waals surface area (Å²) in [6.45, 7) is 3.51. The van der Waals surface area contributed by atoms with Crippen molar-refractivity contribution in [2.75, 3.05) is 13.2 Å². The molecule has 2 aromatic rings. The van der Waals surface area contributed by atoms with Crippen molar-refractivity contribution in [2.45, 2.75) is 44.7 Å². The van der Waals surface area contributed by atoms with Gasteiger partial charge in [0.2, 0.25) is 5.91 Å². The van der Waals surface area contributed by atoms with Crippen LogP contribution in [0.1, 0.15) is 43.7 Å². The Morgan fingerprint density at radius 3 is 2.06 bits per heavy atom. The lowest BCUT2D eigenvalue weighted by molar-refractivity contribution is -0.142. The van der Waals surface area contributed by atoms with Gasteiger partial charge in [-0.1, -0.05) is 62.4 Å². The number of hydrogen-bond acceptors (Lipinski definition) is 5. The van der Waals surface area contributed by atoms with E-state index in [1.54, 1.807) is 0 Å². The fourth-order valence-corrected chi connectivity index (χ4v) is 4.08. The molecule has 0 fully saturated rings. The minimum absolute atomic E-state index is 0.0706. The highest BCUT2D eigenvalue weighted by molar-refractivity contribution is 5.84. The van der Waals surface area contributed by atoms with Crippen LogP contribution in [0.3, 0.4) is 0 Å². The summed E-state index contributed by atoms with van der Waals surface area (Å²) >= 11 is 0. The van der Waals surface area contributed by atoms with Crippen LogP contribution in [-0.2, 0) is 14.3 Å². The molecule has 0 radical (unpaired) electrons. The molecule has 8 nitrogen and oxygen atoms in total. The van der Waals surface area contributed by atoms with E-state index >= 15 is 0 Å². The number of carbonyl (C=O) groups is 3. The first kappa shape index (κ1) is 24.3. The molecule has 176 valence electrons. The molecule has 2 aromatic carbocycles. The van der Waals surface area contributed by atoms with Gasteiger partial charge in [0.25, 0.3) is 0 Å². The van der Waals surface area contributed by atoms with Crippen LogP contribution in [0.25, 0.3) is 11.1 Å². The van der Waals surface area contributed by atoms with Crippen molar-refractivity contribution in [1.82, 2.24) is 10.6 Å². The number of nitrogens with one attached hydrogen (secondary N) is 2. The maximum absolute atomic E-state index is 12.6. The van der Waals surface area contributed by atoms with Gasteiger partial charge in [0.15, 0.2) is 0 Å². The summed E-state index contributed by atoms with van der Waals surface area (Å²) in [6.07, 6.45) is -0.821. The molecule has 0 saturated carbocycles. The maximum atomic E-state index is 12.6. The number of carbonyl (C=O) groups excluding carboxylic acids is 2. The summed E-state index contributed by atoms with van der Waals surface area (Å²) in [5.41, 5.74) is 4.48. The first-order valence-electron chi connectivity index (χ1n) is 11.1. The highest BCUT2D eigenvalue weighted by Crippen LogP contribution is 2.44. The molecule has 1 aliphatic rings. The Hall–Kier alpha value is -3.39. The fraction of sp³-hybridized carbons (Fsp3) is 0.400. The van der Waals surface area contributed by atoms with Crippen molar-refractivity contribution in [3.05, 3.63) is 59.7 Å². The van der Waals surface area contributed by atoms with Gasteiger partial charge in [-0.25, -0.2) is 9.59 Å². The number of amides is 2. The zero-order chi connectivity index (χ0) is 24.0. The lowest BCUT2D eigenvalue weighted by Crippen LogP contribution is -2.46. The number of hydrogen-bond donors (Lipinski definition) is 4. The highest BCUT2D eigenvalue weighted by atomic mass is 16.5. The Kier molecular flexibility index (Phi) is 8.06. The third-order valence-corrected chi connectivity index (χ3v) is 5.91. The molecular formula is C25H30N2O6. The summed E-state index contributed by atoms with van der Waals surface area (Å²) in [5.74, 6) is -1.90. The molecule has 8 heteroatoms. The van der Waals surface area contributed by atoms with Crippen molar-refractivity contribution < 1.29 is 29.3 Å². The Labute approximate surface area is 193 Å². The summed E-state index contributed by atoms with van der Waals surface area (Å²) in [5, 5.41) is 23.2. The minimum atomic E-state index is -1.22. The van der Waals surface area contributed by atoms with Crippen LogP contribution in [0, 0.1) is 5.92 Å². The zero-order valence-electron chi connectivity index (χ0n) is 18.8. The molecule has 0 spiro atoms. The van der Waals surface area contributed by atoms with E-state index in [4.69, 9.17) is 14.9 Å². The first-order valence-corrected chi connectivity index (χ1v) is 11.1. The first-order chi connectivity index (χ1) is 15.8. The third kappa shape index (κ3) is 5.90. The third-order valence-electron chi connectivity index (χ3n) is 5.91. The average Bonchev–Trinajstić information content (AvgIpc) is 3.10. The van der Waals surface area contributed by atoms with Gasteiger partial charge in [0, 0.05) is 31.4 Å². The molecule has 0 saturated heterocycles. The molecule has 1 unspecified atom stereocenters. The monoisotopic (exact) mass is 454 g/mol. The number of alkyl carbamates (subject to hydrolysis) is 1. The predicted molar refractivity (Wildman–Crippen MR) is 123 cm³/mol. The summed E-state index contributed by atoms with van der Waals surface area (Å²) in [4.78, 5) is 36.1. The van der Waals surface area contributed by atoms with Crippen LogP contribution >= 0.6 is 0 Å². The molecule has 0 bridgehead atoms. The topological polar surface area (TPSA) is 125 Å². The molecule has 4 N–H and O–H groups in total. The Morgan fingerprint density at radius 1 is 0.970 bits per heavy atom. The number of benzene rings is 2. The number of aliphatic carboxylic acids is 1. The van der Waals surface area contributed by atoms with Crippen LogP contribution in [0.2, 0.25) is 0 Å². The van der Waals surface area contributed by atoms with Gasteiger partial charge in [-0.3, -0.25) is 4.79 Å². The molecule has 2 amide bonds. The van der Waals surface area contributed by atoms with E-state index in [2.05, 4.69) is 22.8 Å². The van der Waals surface area contributed by atoms with Crippen molar-refractivity contribution in [1.29, 1.82) is 0 Å². The van der Waals surface area contributed by atoms with E-state index in [0.29, 0.717) is 0 Å². The lowest BCUT2D eigenvalue weighted by Gasteiger charge is -2.23. The van der Waals surface area contributed by atoms with Gasteiger partial charge >= 0.3 is 12.1 Å². The molecule has 0 aromatic heterocycles. The van der Waals surface area contributed by atoms with E-state index in [-0.39, 0.29) is 37.9 Å². The van der Waals surface area contributed by atoms with Gasteiger partial charge in [-0.05, 0) is 28.2 Å². The molecule has 33 heavy (non-hydrogen) atoms. The van der Waals surface area contributed by atoms with Gasteiger partial charge < -0.3 is 25.6 Å². The second kappa shape index (κ2) is 11.0. The molecule has 0 heterocycles. The lowest BCUT2D eigenvalue weighted by atomic mass is 9.98. The fourth-order valence-electron chi connectivity index (χ4n) is 4.08. The Morgan fingerprint density at radius 2 is 1.55 bits per heavy atom. The normalized spacial score (nSPS) is 14.2. The Balaban J connectivity index is 1.60. The average molecular weight is 455 g/mol. The minimum Gasteiger partial charge on any atom is -0.480 e.